The Morgan fingerprint density at radius 2 is 2.46 bits per heavy atom. The van der Waals surface area contributed by atoms with Gasteiger partial charge in [-0.2, -0.15) is 5.10 Å². The standard InChI is InChI=1S/C6H7N5S2/c1-4-9-10-5(13-4)2-12-6-7-3-8-11-6/h3H,2H2,1H3,(H,7,8,11). The van der Waals surface area contributed by atoms with Crippen LogP contribution in [0.25, 0.3) is 0 Å². The zero-order valence-electron chi connectivity index (χ0n) is 6.89. The van der Waals surface area contributed by atoms with Gasteiger partial charge in [0.15, 0.2) is 5.16 Å². The summed E-state index contributed by atoms with van der Waals surface area (Å²) >= 11 is 3.18. The fraction of sp³-hybridized carbons (Fsp3) is 0.333. The second kappa shape index (κ2) is 3.84. The van der Waals surface area contributed by atoms with Gasteiger partial charge in [-0.05, 0) is 6.92 Å². The van der Waals surface area contributed by atoms with E-state index in [4.69, 9.17) is 0 Å². The van der Waals surface area contributed by atoms with Crippen molar-refractivity contribution in [3.05, 3.63) is 16.3 Å². The average molecular weight is 213 g/mol. The number of hydrogen-bond acceptors (Lipinski definition) is 6. The minimum Gasteiger partial charge on any atom is -0.254 e. The molecular weight excluding hydrogens is 206 g/mol. The molecule has 1 N–H and O–H groups in total. The Morgan fingerprint density at radius 1 is 1.54 bits per heavy atom. The molecule has 0 radical (unpaired) electrons. The highest BCUT2D eigenvalue weighted by atomic mass is 32.2. The summed E-state index contributed by atoms with van der Waals surface area (Å²) in [6.07, 6.45) is 1.49. The fourth-order valence-corrected chi connectivity index (χ4v) is 2.26. The fourth-order valence-electron chi connectivity index (χ4n) is 0.790. The monoisotopic (exact) mass is 213 g/mol. The molecule has 2 aromatic heterocycles. The molecular formula is C6H7N5S2. The van der Waals surface area contributed by atoms with Gasteiger partial charge in [0.2, 0.25) is 0 Å². The van der Waals surface area contributed by atoms with Crippen molar-refractivity contribution in [2.24, 2.45) is 0 Å². The van der Waals surface area contributed by atoms with E-state index in [1.165, 1.54) is 6.33 Å². The van der Waals surface area contributed by atoms with Crippen molar-refractivity contribution in [1.29, 1.82) is 0 Å². The molecule has 0 saturated carbocycles. The van der Waals surface area contributed by atoms with Crippen LogP contribution in [0.3, 0.4) is 0 Å². The number of aryl methyl sites for hydroxylation is 1. The Bertz CT molecular complexity index is 368. The maximum atomic E-state index is 4.00. The van der Waals surface area contributed by atoms with Crippen molar-refractivity contribution >= 4 is 23.1 Å². The largest absolute Gasteiger partial charge is 0.254 e. The molecule has 0 unspecified atom stereocenters. The summed E-state index contributed by atoms with van der Waals surface area (Å²) in [6, 6.07) is 0. The summed E-state index contributed by atoms with van der Waals surface area (Å²) in [5, 5.41) is 17.3. The Hall–Kier alpha value is -0.950. The minimum absolute atomic E-state index is 0.792. The maximum absolute atomic E-state index is 4.00. The predicted molar refractivity (Wildman–Crippen MR) is 50.6 cm³/mol. The van der Waals surface area contributed by atoms with E-state index >= 15 is 0 Å². The topological polar surface area (TPSA) is 67.3 Å². The lowest BCUT2D eigenvalue weighted by Crippen LogP contribution is -1.80. The normalized spacial score (nSPS) is 10.5. The summed E-state index contributed by atoms with van der Waals surface area (Å²) in [4.78, 5) is 3.99. The first kappa shape index (κ1) is 8.64. The molecule has 0 saturated heterocycles. The van der Waals surface area contributed by atoms with Crippen LogP contribution < -0.4 is 0 Å². The van der Waals surface area contributed by atoms with Gasteiger partial charge in [0.05, 0.1) is 5.75 Å². The van der Waals surface area contributed by atoms with E-state index in [0.29, 0.717) is 0 Å². The number of rotatable bonds is 3. The first-order valence-corrected chi connectivity index (χ1v) is 5.42. The predicted octanol–water partition coefficient (Wildman–Crippen LogP) is 1.26. The Kier molecular flexibility index (Phi) is 2.55. The van der Waals surface area contributed by atoms with E-state index in [2.05, 4.69) is 25.4 Å². The van der Waals surface area contributed by atoms with Crippen LogP contribution in [-0.4, -0.2) is 25.4 Å². The van der Waals surface area contributed by atoms with Crippen molar-refractivity contribution in [3.63, 3.8) is 0 Å². The van der Waals surface area contributed by atoms with Gasteiger partial charge in [-0.1, -0.05) is 11.8 Å². The number of hydrogen-bond donors (Lipinski definition) is 1. The molecule has 0 fully saturated rings. The molecule has 68 valence electrons. The number of thioether (sulfide) groups is 1. The van der Waals surface area contributed by atoms with Gasteiger partial charge in [0, 0.05) is 0 Å². The smallest absolute Gasteiger partial charge is 0.183 e. The van der Waals surface area contributed by atoms with Crippen LogP contribution in [0.2, 0.25) is 0 Å². The van der Waals surface area contributed by atoms with Crippen molar-refractivity contribution in [2.75, 3.05) is 0 Å². The van der Waals surface area contributed by atoms with Crippen molar-refractivity contribution < 1.29 is 0 Å². The SMILES string of the molecule is Cc1nnc(CSc2ncn[nH]2)s1. The number of nitrogens with one attached hydrogen (secondary N) is 1. The van der Waals surface area contributed by atoms with Crippen LogP contribution >= 0.6 is 23.1 Å². The molecule has 0 aliphatic heterocycles. The van der Waals surface area contributed by atoms with E-state index in [1.54, 1.807) is 23.1 Å². The van der Waals surface area contributed by atoms with Gasteiger partial charge in [-0.15, -0.1) is 21.5 Å². The summed E-state index contributed by atoms with van der Waals surface area (Å²) in [6.45, 7) is 1.94. The molecule has 2 heterocycles. The minimum atomic E-state index is 0.792. The molecule has 2 aromatic rings. The molecule has 2 rings (SSSR count). The van der Waals surface area contributed by atoms with Crippen molar-refractivity contribution in [1.82, 2.24) is 25.4 Å². The van der Waals surface area contributed by atoms with Gasteiger partial charge >= 0.3 is 0 Å². The van der Waals surface area contributed by atoms with Crippen LogP contribution in [0.15, 0.2) is 11.5 Å². The molecule has 0 spiro atoms. The molecule has 0 aliphatic carbocycles. The second-order valence-corrected chi connectivity index (χ2v) is 4.52. The third kappa shape index (κ3) is 2.25. The molecule has 0 atom stereocenters. The third-order valence-electron chi connectivity index (χ3n) is 1.29. The average Bonchev–Trinajstić information content (AvgIpc) is 2.71. The van der Waals surface area contributed by atoms with E-state index in [9.17, 15) is 0 Å². The van der Waals surface area contributed by atoms with Gasteiger partial charge in [0.1, 0.15) is 16.3 Å². The van der Waals surface area contributed by atoms with Crippen LogP contribution in [0.1, 0.15) is 10.0 Å². The first-order valence-electron chi connectivity index (χ1n) is 3.62. The highest BCUT2D eigenvalue weighted by Gasteiger charge is 2.02. The number of H-pyrrole nitrogens is 1. The number of nitrogens with zero attached hydrogens (tertiary/aromatic N) is 4. The highest BCUT2D eigenvalue weighted by Crippen LogP contribution is 2.20. The Labute approximate surface area is 83.0 Å². The van der Waals surface area contributed by atoms with E-state index in [0.717, 1.165) is 20.9 Å². The summed E-state index contributed by atoms with van der Waals surface area (Å²) in [7, 11) is 0. The van der Waals surface area contributed by atoms with Gasteiger partial charge in [-0.3, -0.25) is 5.10 Å². The molecule has 0 aliphatic rings. The maximum Gasteiger partial charge on any atom is 0.183 e. The molecule has 0 amide bonds. The lowest BCUT2D eigenvalue weighted by molar-refractivity contribution is 0.968. The van der Waals surface area contributed by atoms with E-state index in [-0.39, 0.29) is 0 Å². The lowest BCUT2D eigenvalue weighted by atomic mass is 10.8. The Balaban J connectivity index is 1.93. The quantitative estimate of drug-likeness (QED) is 0.777. The lowest BCUT2D eigenvalue weighted by Gasteiger charge is -1.90. The van der Waals surface area contributed by atoms with E-state index < -0.39 is 0 Å². The second-order valence-electron chi connectivity index (χ2n) is 2.29. The Morgan fingerprint density at radius 3 is 3.08 bits per heavy atom. The highest BCUT2D eigenvalue weighted by molar-refractivity contribution is 7.98. The van der Waals surface area contributed by atoms with E-state index in [1.807, 2.05) is 6.92 Å². The summed E-state index contributed by atoms with van der Waals surface area (Å²) in [5.74, 6) is 0.792. The zero-order chi connectivity index (χ0) is 9.10. The first-order chi connectivity index (χ1) is 6.34. The van der Waals surface area contributed by atoms with Gasteiger partial charge < -0.3 is 0 Å². The zero-order valence-corrected chi connectivity index (χ0v) is 8.52. The van der Waals surface area contributed by atoms with Gasteiger partial charge in [-0.25, -0.2) is 4.98 Å². The molecule has 0 aromatic carbocycles. The van der Waals surface area contributed by atoms with Crippen LogP contribution in [0.4, 0.5) is 0 Å². The van der Waals surface area contributed by atoms with Crippen LogP contribution in [0, 0.1) is 6.92 Å². The molecule has 0 bridgehead atoms. The molecule has 13 heavy (non-hydrogen) atoms. The molecule has 5 nitrogen and oxygen atoms in total. The van der Waals surface area contributed by atoms with Crippen LogP contribution in [-0.2, 0) is 5.75 Å². The van der Waals surface area contributed by atoms with Crippen molar-refractivity contribution in [3.8, 4) is 0 Å². The van der Waals surface area contributed by atoms with Crippen molar-refractivity contribution in [2.45, 2.75) is 17.8 Å². The number of aromatic amines is 1. The van der Waals surface area contributed by atoms with Gasteiger partial charge in [0.25, 0.3) is 0 Å². The number of aromatic nitrogens is 5. The van der Waals surface area contributed by atoms with Crippen LogP contribution in [0.5, 0.6) is 0 Å². The molecule has 7 heteroatoms. The third-order valence-corrected chi connectivity index (χ3v) is 3.20. The summed E-state index contributed by atoms with van der Waals surface area (Å²) in [5.41, 5.74) is 0. The summed E-state index contributed by atoms with van der Waals surface area (Å²) < 4.78 is 0.